The topological polar surface area (TPSA) is 33.0 Å². The quantitative estimate of drug-likeness (QED) is 0.842. The molecule has 1 aliphatic rings. The van der Waals surface area contributed by atoms with E-state index in [1.165, 1.54) is 24.0 Å². The van der Waals surface area contributed by atoms with Crippen LogP contribution < -0.4 is 4.74 Å². The molecule has 0 saturated heterocycles. The van der Waals surface area contributed by atoms with Gasteiger partial charge in [0.2, 0.25) is 0 Å². The molecule has 0 aliphatic heterocycles. The summed E-state index contributed by atoms with van der Waals surface area (Å²) in [5.41, 5.74) is 4.41. The Morgan fingerprint density at radius 1 is 1.15 bits per heavy atom. The average Bonchev–Trinajstić information content (AvgIpc) is 2.92. The highest BCUT2D eigenvalue weighted by molar-refractivity contribution is 6.31. The van der Waals surface area contributed by atoms with Crippen molar-refractivity contribution in [3.05, 3.63) is 63.7 Å². The third kappa shape index (κ3) is 2.50. The molecule has 0 heterocycles. The molecule has 0 N–H and O–H groups in total. The minimum atomic E-state index is 0.398. The molecule has 0 bridgehead atoms. The Bertz CT molecular complexity index is 688. The minimum Gasteiger partial charge on any atom is -0.487 e. The molecule has 0 fully saturated rings. The number of hydrogen-bond acceptors (Lipinski definition) is 2. The molecule has 1 aliphatic carbocycles. The summed E-state index contributed by atoms with van der Waals surface area (Å²) < 4.78 is 5.75. The second kappa shape index (κ2) is 5.56. The molecule has 2 aromatic rings. The largest absolute Gasteiger partial charge is 0.487 e. The lowest BCUT2D eigenvalue weighted by Gasteiger charge is -2.10. The van der Waals surface area contributed by atoms with Crippen LogP contribution in [0.1, 0.15) is 28.7 Å². The van der Waals surface area contributed by atoms with E-state index in [9.17, 15) is 0 Å². The standard InChI is InChI=1S/C17H14ClNO/c18-16-5-2-6-17(15(16)10-19)20-11-12-7-8-13-3-1-4-14(13)9-12/h2,5-9H,1,3-4,11H2. The summed E-state index contributed by atoms with van der Waals surface area (Å²) in [6.07, 6.45) is 3.58. The van der Waals surface area contributed by atoms with E-state index in [-0.39, 0.29) is 0 Å². The van der Waals surface area contributed by atoms with Gasteiger partial charge in [0.15, 0.2) is 0 Å². The van der Waals surface area contributed by atoms with E-state index in [4.69, 9.17) is 21.6 Å². The van der Waals surface area contributed by atoms with Crippen molar-refractivity contribution in [1.29, 1.82) is 5.26 Å². The summed E-state index contributed by atoms with van der Waals surface area (Å²) in [6, 6.07) is 13.8. The summed E-state index contributed by atoms with van der Waals surface area (Å²) in [5, 5.41) is 9.54. The minimum absolute atomic E-state index is 0.398. The zero-order chi connectivity index (χ0) is 13.9. The summed E-state index contributed by atoms with van der Waals surface area (Å²) in [4.78, 5) is 0. The van der Waals surface area contributed by atoms with Crippen LogP contribution >= 0.6 is 11.6 Å². The van der Waals surface area contributed by atoms with Crippen LogP contribution in [0.4, 0.5) is 0 Å². The first-order chi connectivity index (χ1) is 9.78. The van der Waals surface area contributed by atoms with Crippen molar-refractivity contribution in [3.63, 3.8) is 0 Å². The molecular weight excluding hydrogens is 270 g/mol. The predicted octanol–water partition coefficient (Wildman–Crippen LogP) is 4.28. The first-order valence-electron chi connectivity index (χ1n) is 6.70. The lowest BCUT2D eigenvalue weighted by molar-refractivity contribution is 0.305. The van der Waals surface area contributed by atoms with Crippen LogP contribution in [0.2, 0.25) is 5.02 Å². The van der Waals surface area contributed by atoms with Crippen LogP contribution in [0.15, 0.2) is 36.4 Å². The van der Waals surface area contributed by atoms with Crippen molar-refractivity contribution in [2.75, 3.05) is 0 Å². The van der Waals surface area contributed by atoms with Crippen molar-refractivity contribution >= 4 is 11.6 Å². The zero-order valence-electron chi connectivity index (χ0n) is 11.0. The molecule has 0 spiro atoms. The second-order valence-corrected chi connectivity index (χ2v) is 5.38. The summed E-state index contributed by atoms with van der Waals surface area (Å²) in [6.45, 7) is 0.461. The maximum Gasteiger partial charge on any atom is 0.139 e. The number of hydrogen-bond donors (Lipinski definition) is 0. The predicted molar refractivity (Wildman–Crippen MR) is 79.0 cm³/mol. The van der Waals surface area contributed by atoms with Gasteiger partial charge in [-0.25, -0.2) is 0 Å². The fourth-order valence-electron chi connectivity index (χ4n) is 2.61. The van der Waals surface area contributed by atoms with Gasteiger partial charge in [0, 0.05) is 0 Å². The number of halogens is 1. The van der Waals surface area contributed by atoms with Gasteiger partial charge in [-0.05, 0) is 48.1 Å². The molecule has 2 nitrogen and oxygen atoms in total. The highest BCUT2D eigenvalue weighted by Gasteiger charge is 2.12. The van der Waals surface area contributed by atoms with E-state index in [1.54, 1.807) is 18.2 Å². The first-order valence-corrected chi connectivity index (χ1v) is 7.08. The van der Waals surface area contributed by atoms with Gasteiger partial charge < -0.3 is 4.74 Å². The summed E-state index contributed by atoms with van der Waals surface area (Å²) in [7, 11) is 0. The number of benzene rings is 2. The van der Waals surface area contributed by atoms with Crippen LogP contribution in [-0.4, -0.2) is 0 Å². The van der Waals surface area contributed by atoms with Gasteiger partial charge in [-0.2, -0.15) is 5.26 Å². The van der Waals surface area contributed by atoms with Gasteiger partial charge in [0.1, 0.15) is 24.0 Å². The van der Waals surface area contributed by atoms with E-state index in [1.807, 2.05) is 0 Å². The molecule has 3 heteroatoms. The van der Waals surface area contributed by atoms with Crippen LogP contribution in [0.5, 0.6) is 5.75 Å². The molecule has 3 rings (SSSR count). The number of rotatable bonds is 3. The van der Waals surface area contributed by atoms with Crippen LogP contribution in [0.3, 0.4) is 0 Å². The number of fused-ring (bicyclic) bond motifs is 1. The molecule has 2 aromatic carbocycles. The molecule has 0 aromatic heterocycles. The van der Waals surface area contributed by atoms with Gasteiger partial charge in [0.25, 0.3) is 0 Å². The molecule has 0 radical (unpaired) electrons. The Morgan fingerprint density at radius 2 is 2.00 bits per heavy atom. The number of nitrogens with zero attached hydrogens (tertiary/aromatic N) is 1. The van der Waals surface area contributed by atoms with Crippen molar-refractivity contribution < 1.29 is 4.74 Å². The van der Waals surface area contributed by atoms with Gasteiger partial charge in [-0.3, -0.25) is 0 Å². The smallest absolute Gasteiger partial charge is 0.139 e. The number of nitriles is 1. The average molecular weight is 284 g/mol. The van der Waals surface area contributed by atoms with E-state index in [0.717, 1.165) is 12.0 Å². The van der Waals surface area contributed by atoms with E-state index in [0.29, 0.717) is 22.9 Å². The Balaban J connectivity index is 1.77. The summed E-state index contributed by atoms with van der Waals surface area (Å²) >= 11 is 5.99. The summed E-state index contributed by atoms with van der Waals surface area (Å²) in [5.74, 6) is 0.542. The second-order valence-electron chi connectivity index (χ2n) is 4.97. The molecule has 100 valence electrons. The van der Waals surface area contributed by atoms with Crippen molar-refractivity contribution in [2.45, 2.75) is 25.9 Å². The van der Waals surface area contributed by atoms with Gasteiger partial charge in [-0.1, -0.05) is 35.9 Å². The third-order valence-electron chi connectivity index (χ3n) is 3.64. The lowest BCUT2D eigenvalue weighted by atomic mass is 10.1. The third-order valence-corrected chi connectivity index (χ3v) is 3.96. The fraction of sp³-hybridized carbons (Fsp3) is 0.235. The van der Waals surface area contributed by atoms with Crippen molar-refractivity contribution in [3.8, 4) is 11.8 Å². The Hall–Kier alpha value is -1.98. The van der Waals surface area contributed by atoms with Crippen molar-refractivity contribution in [2.24, 2.45) is 0 Å². The Labute approximate surface area is 123 Å². The maximum absolute atomic E-state index is 9.11. The molecule has 20 heavy (non-hydrogen) atoms. The fourth-order valence-corrected chi connectivity index (χ4v) is 2.82. The van der Waals surface area contributed by atoms with E-state index in [2.05, 4.69) is 24.3 Å². The molecule has 0 atom stereocenters. The SMILES string of the molecule is N#Cc1c(Cl)cccc1OCc1ccc2c(c1)CCC2. The molecule has 0 amide bonds. The monoisotopic (exact) mass is 283 g/mol. The normalized spacial score (nSPS) is 12.8. The number of aryl methyl sites for hydroxylation is 2. The highest BCUT2D eigenvalue weighted by atomic mass is 35.5. The molecular formula is C17H14ClNO. The van der Waals surface area contributed by atoms with Crippen molar-refractivity contribution in [1.82, 2.24) is 0 Å². The van der Waals surface area contributed by atoms with Crippen LogP contribution in [-0.2, 0) is 19.4 Å². The Kier molecular flexibility index (Phi) is 3.62. The van der Waals surface area contributed by atoms with Crippen LogP contribution in [0.25, 0.3) is 0 Å². The van der Waals surface area contributed by atoms with Gasteiger partial charge in [0.05, 0.1) is 5.02 Å². The lowest BCUT2D eigenvalue weighted by Crippen LogP contribution is -1.98. The zero-order valence-corrected chi connectivity index (χ0v) is 11.8. The van der Waals surface area contributed by atoms with Gasteiger partial charge in [-0.15, -0.1) is 0 Å². The first kappa shape index (κ1) is 13.0. The Morgan fingerprint density at radius 3 is 2.85 bits per heavy atom. The molecule has 0 unspecified atom stereocenters. The van der Waals surface area contributed by atoms with E-state index < -0.39 is 0 Å². The molecule has 0 saturated carbocycles. The van der Waals surface area contributed by atoms with E-state index >= 15 is 0 Å². The van der Waals surface area contributed by atoms with Gasteiger partial charge >= 0.3 is 0 Å². The highest BCUT2D eigenvalue weighted by Crippen LogP contribution is 2.27. The van der Waals surface area contributed by atoms with Crippen LogP contribution in [0, 0.1) is 11.3 Å². The maximum atomic E-state index is 9.11. The number of ether oxygens (including phenoxy) is 1.